The fourth-order valence-electron chi connectivity index (χ4n) is 2.80. The number of nitrogens with one attached hydrogen (secondary N) is 2. The quantitative estimate of drug-likeness (QED) is 0.703. The minimum absolute atomic E-state index is 0.152. The molecule has 0 saturated carbocycles. The summed E-state index contributed by atoms with van der Waals surface area (Å²) >= 11 is 0. The Kier molecular flexibility index (Phi) is 6.92. The van der Waals surface area contributed by atoms with Gasteiger partial charge < -0.3 is 10.6 Å². The summed E-state index contributed by atoms with van der Waals surface area (Å²) in [6.45, 7) is 16.2. The summed E-state index contributed by atoms with van der Waals surface area (Å²) in [5.74, 6) is 0. The molecule has 0 aromatic carbocycles. The van der Waals surface area contributed by atoms with Gasteiger partial charge in [0.25, 0.3) is 0 Å². The van der Waals surface area contributed by atoms with E-state index in [9.17, 15) is 0 Å². The van der Waals surface area contributed by atoms with Crippen LogP contribution in [0.5, 0.6) is 0 Å². The number of hydrogen-bond acceptors (Lipinski definition) is 4. The maximum atomic E-state index is 3.52. The summed E-state index contributed by atoms with van der Waals surface area (Å²) in [4.78, 5) is 5.05. The topological polar surface area (TPSA) is 30.5 Å². The lowest BCUT2D eigenvalue weighted by molar-refractivity contribution is -0.0123. The van der Waals surface area contributed by atoms with Gasteiger partial charge in [-0.05, 0) is 80.8 Å². The molecule has 0 aromatic rings. The molecule has 1 rings (SSSR count). The standard InChI is InChI=1S/C16H36N4/c1-15(2)16(3,4)20(6)14-8-10-18-12-11-17-9-7-13-19(15)5/h17-18H,7-14H2,1-6H3. The van der Waals surface area contributed by atoms with Crippen molar-refractivity contribution < 1.29 is 0 Å². The van der Waals surface area contributed by atoms with E-state index in [2.05, 4.69) is 62.2 Å². The average molecular weight is 284 g/mol. The summed E-state index contributed by atoms with van der Waals surface area (Å²) in [6.07, 6.45) is 2.42. The van der Waals surface area contributed by atoms with Gasteiger partial charge in [-0.2, -0.15) is 0 Å². The first-order chi connectivity index (χ1) is 9.30. The fraction of sp³-hybridized carbons (Fsp3) is 1.00. The van der Waals surface area contributed by atoms with Crippen molar-refractivity contribution in [3.8, 4) is 0 Å². The Morgan fingerprint density at radius 3 is 1.35 bits per heavy atom. The molecule has 0 atom stereocenters. The maximum absolute atomic E-state index is 3.52. The highest BCUT2D eigenvalue weighted by Gasteiger charge is 2.42. The molecule has 0 aliphatic carbocycles. The SMILES string of the molecule is CN1CCCNCCNCCCN(C)C(C)(C)C1(C)C. The average Bonchev–Trinajstić information content (AvgIpc) is 2.38. The third-order valence-electron chi connectivity index (χ3n) is 5.58. The Hall–Kier alpha value is -0.160. The van der Waals surface area contributed by atoms with Crippen LogP contribution in [0.3, 0.4) is 0 Å². The van der Waals surface area contributed by atoms with Gasteiger partial charge in [0.1, 0.15) is 0 Å². The van der Waals surface area contributed by atoms with E-state index < -0.39 is 0 Å². The minimum Gasteiger partial charge on any atom is -0.315 e. The van der Waals surface area contributed by atoms with Crippen molar-refractivity contribution in [3.63, 3.8) is 0 Å². The van der Waals surface area contributed by atoms with E-state index in [0.717, 1.165) is 39.3 Å². The molecule has 0 bridgehead atoms. The summed E-state index contributed by atoms with van der Waals surface area (Å²) < 4.78 is 0. The molecule has 0 aromatic heterocycles. The molecule has 0 spiro atoms. The second-order valence-corrected chi connectivity index (χ2v) is 7.17. The number of rotatable bonds is 0. The van der Waals surface area contributed by atoms with Gasteiger partial charge in [0, 0.05) is 24.2 Å². The smallest absolute Gasteiger partial charge is 0.0328 e. The van der Waals surface area contributed by atoms with Crippen molar-refractivity contribution in [1.29, 1.82) is 0 Å². The summed E-state index contributed by atoms with van der Waals surface area (Å²) in [7, 11) is 4.53. The summed E-state index contributed by atoms with van der Waals surface area (Å²) in [5.41, 5.74) is 0.304. The predicted molar refractivity (Wildman–Crippen MR) is 88.4 cm³/mol. The van der Waals surface area contributed by atoms with Crippen LogP contribution in [0.2, 0.25) is 0 Å². The first kappa shape index (κ1) is 17.9. The number of likely N-dealkylation sites (N-methyl/N-ethyl adjacent to an activating group) is 2. The van der Waals surface area contributed by atoms with Crippen molar-refractivity contribution in [2.45, 2.75) is 51.6 Å². The van der Waals surface area contributed by atoms with E-state index in [4.69, 9.17) is 0 Å². The molecule has 2 N–H and O–H groups in total. The van der Waals surface area contributed by atoms with E-state index in [1.54, 1.807) is 0 Å². The van der Waals surface area contributed by atoms with Crippen LogP contribution >= 0.6 is 0 Å². The Bertz CT molecular complexity index is 248. The lowest BCUT2D eigenvalue weighted by atomic mass is 9.79. The molecule has 20 heavy (non-hydrogen) atoms. The summed E-state index contributed by atoms with van der Waals surface area (Å²) in [5, 5.41) is 7.03. The van der Waals surface area contributed by atoms with Crippen LogP contribution in [-0.4, -0.2) is 74.2 Å². The largest absolute Gasteiger partial charge is 0.315 e. The van der Waals surface area contributed by atoms with Crippen LogP contribution in [-0.2, 0) is 0 Å². The minimum atomic E-state index is 0.152. The molecule has 1 aliphatic heterocycles. The van der Waals surface area contributed by atoms with Crippen LogP contribution in [0, 0.1) is 0 Å². The molecular formula is C16H36N4. The Balaban J connectivity index is 2.74. The van der Waals surface area contributed by atoms with Crippen LogP contribution in [0.1, 0.15) is 40.5 Å². The monoisotopic (exact) mass is 284 g/mol. The molecule has 4 heteroatoms. The van der Waals surface area contributed by atoms with Gasteiger partial charge in [-0.1, -0.05) is 0 Å². The molecule has 0 radical (unpaired) electrons. The zero-order valence-corrected chi connectivity index (χ0v) is 14.6. The predicted octanol–water partition coefficient (Wildman–Crippen LogP) is 1.38. The van der Waals surface area contributed by atoms with Gasteiger partial charge in [0.2, 0.25) is 0 Å². The second kappa shape index (κ2) is 7.74. The highest BCUT2D eigenvalue weighted by Crippen LogP contribution is 2.31. The Labute approximate surface area is 126 Å². The first-order valence-corrected chi connectivity index (χ1v) is 8.14. The highest BCUT2D eigenvalue weighted by molar-refractivity contribution is 5.01. The molecule has 0 amide bonds. The van der Waals surface area contributed by atoms with Gasteiger partial charge in [-0.15, -0.1) is 0 Å². The van der Waals surface area contributed by atoms with E-state index in [-0.39, 0.29) is 11.1 Å². The van der Waals surface area contributed by atoms with Crippen LogP contribution in [0.25, 0.3) is 0 Å². The van der Waals surface area contributed by atoms with Gasteiger partial charge >= 0.3 is 0 Å². The molecule has 120 valence electrons. The fourth-order valence-corrected chi connectivity index (χ4v) is 2.80. The third-order valence-corrected chi connectivity index (χ3v) is 5.58. The van der Waals surface area contributed by atoms with Crippen LogP contribution in [0.15, 0.2) is 0 Å². The zero-order chi connectivity index (χ0) is 15.2. The first-order valence-electron chi connectivity index (χ1n) is 8.14. The van der Waals surface area contributed by atoms with Crippen molar-refractivity contribution in [1.82, 2.24) is 20.4 Å². The van der Waals surface area contributed by atoms with Gasteiger partial charge in [-0.25, -0.2) is 0 Å². The number of nitrogens with zero attached hydrogens (tertiary/aromatic N) is 2. The van der Waals surface area contributed by atoms with Crippen molar-refractivity contribution in [2.24, 2.45) is 0 Å². The van der Waals surface area contributed by atoms with Gasteiger partial charge in [0.05, 0.1) is 0 Å². The molecule has 1 aliphatic rings. The van der Waals surface area contributed by atoms with Crippen molar-refractivity contribution in [2.75, 3.05) is 53.4 Å². The van der Waals surface area contributed by atoms with E-state index in [0.29, 0.717) is 0 Å². The molecule has 1 fully saturated rings. The highest BCUT2D eigenvalue weighted by atomic mass is 15.3. The Morgan fingerprint density at radius 1 is 0.650 bits per heavy atom. The van der Waals surface area contributed by atoms with Crippen molar-refractivity contribution in [3.05, 3.63) is 0 Å². The zero-order valence-electron chi connectivity index (χ0n) is 14.6. The molecular weight excluding hydrogens is 248 g/mol. The van der Waals surface area contributed by atoms with E-state index >= 15 is 0 Å². The van der Waals surface area contributed by atoms with E-state index in [1.165, 1.54) is 12.8 Å². The molecule has 1 saturated heterocycles. The van der Waals surface area contributed by atoms with Crippen LogP contribution in [0.4, 0.5) is 0 Å². The second-order valence-electron chi connectivity index (χ2n) is 7.17. The molecule has 4 nitrogen and oxygen atoms in total. The van der Waals surface area contributed by atoms with Gasteiger partial charge in [-0.3, -0.25) is 9.80 Å². The Morgan fingerprint density at radius 2 is 1.00 bits per heavy atom. The molecule has 0 unspecified atom stereocenters. The third kappa shape index (κ3) is 4.42. The number of hydrogen-bond donors (Lipinski definition) is 2. The van der Waals surface area contributed by atoms with Crippen molar-refractivity contribution >= 4 is 0 Å². The maximum Gasteiger partial charge on any atom is 0.0328 e. The lowest BCUT2D eigenvalue weighted by Gasteiger charge is -2.52. The van der Waals surface area contributed by atoms with Gasteiger partial charge in [0.15, 0.2) is 0 Å². The lowest BCUT2D eigenvalue weighted by Crippen LogP contribution is -2.64. The normalized spacial score (nSPS) is 27.9. The summed E-state index contributed by atoms with van der Waals surface area (Å²) in [6, 6.07) is 0. The van der Waals surface area contributed by atoms with Crippen LogP contribution < -0.4 is 10.6 Å². The molecule has 1 heterocycles. The van der Waals surface area contributed by atoms with E-state index in [1.807, 2.05) is 0 Å².